The SMILES string of the molecule is COC(=N)c1cccc(-c2cc(CC(C)C)on2)n1. The van der Waals surface area contributed by atoms with Crippen LogP contribution >= 0.6 is 0 Å². The Hall–Kier alpha value is -2.17. The molecule has 0 amide bonds. The molecular weight excluding hydrogens is 242 g/mol. The fraction of sp³-hybridized carbons (Fsp3) is 0.357. The van der Waals surface area contributed by atoms with Gasteiger partial charge in [0.15, 0.2) is 0 Å². The summed E-state index contributed by atoms with van der Waals surface area (Å²) in [5, 5.41) is 11.6. The van der Waals surface area contributed by atoms with E-state index in [1.165, 1.54) is 7.11 Å². The van der Waals surface area contributed by atoms with E-state index in [2.05, 4.69) is 24.0 Å². The summed E-state index contributed by atoms with van der Waals surface area (Å²) in [5.74, 6) is 1.40. The molecule has 100 valence electrons. The van der Waals surface area contributed by atoms with E-state index < -0.39 is 0 Å². The zero-order valence-electron chi connectivity index (χ0n) is 11.3. The predicted molar refractivity (Wildman–Crippen MR) is 72.1 cm³/mol. The van der Waals surface area contributed by atoms with Crippen molar-refractivity contribution in [3.05, 3.63) is 35.7 Å². The van der Waals surface area contributed by atoms with Crippen molar-refractivity contribution in [2.75, 3.05) is 7.11 Å². The van der Waals surface area contributed by atoms with E-state index in [0.717, 1.165) is 12.2 Å². The molecule has 19 heavy (non-hydrogen) atoms. The predicted octanol–water partition coefficient (Wildman–Crippen LogP) is 2.91. The lowest BCUT2D eigenvalue weighted by molar-refractivity contribution is 0.370. The van der Waals surface area contributed by atoms with Gasteiger partial charge in [-0.15, -0.1) is 0 Å². The standard InChI is InChI=1S/C14H17N3O2/c1-9(2)7-10-8-13(17-19-10)11-5-4-6-12(16-11)14(15)18-3/h4-6,8-9,15H,7H2,1-3H3. The number of rotatable bonds is 4. The second-order valence-electron chi connectivity index (χ2n) is 4.72. The van der Waals surface area contributed by atoms with E-state index in [4.69, 9.17) is 14.7 Å². The van der Waals surface area contributed by atoms with Gasteiger partial charge >= 0.3 is 0 Å². The van der Waals surface area contributed by atoms with Gasteiger partial charge in [0.25, 0.3) is 0 Å². The monoisotopic (exact) mass is 259 g/mol. The Labute approximate surface area is 112 Å². The Kier molecular flexibility index (Phi) is 3.94. The molecule has 2 rings (SSSR count). The Morgan fingerprint density at radius 1 is 1.37 bits per heavy atom. The molecule has 2 aromatic heterocycles. The third-order valence-electron chi connectivity index (χ3n) is 2.62. The Balaban J connectivity index is 2.26. The van der Waals surface area contributed by atoms with Gasteiger partial charge in [0.1, 0.15) is 17.1 Å². The molecule has 0 aliphatic rings. The molecule has 5 heteroatoms. The maximum atomic E-state index is 7.61. The van der Waals surface area contributed by atoms with Crippen LogP contribution in [0.15, 0.2) is 28.8 Å². The van der Waals surface area contributed by atoms with Gasteiger partial charge in [-0.3, -0.25) is 5.41 Å². The van der Waals surface area contributed by atoms with Crippen LogP contribution in [0.4, 0.5) is 0 Å². The number of pyridine rings is 1. The van der Waals surface area contributed by atoms with Crippen molar-refractivity contribution >= 4 is 5.90 Å². The molecular formula is C14H17N3O2. The first kappa shape index (κ1) is 13.3. The summed E-state index contributed by atoms with van der Waals surface area (Å²) in [6, 6.07) is 7.28. The van der Waals surface area contributed by atoms with E-state index in [0.29, 0.717) is 23.0 Å². The van der Waals surface area contributed by atoms with Crippen LogP contribution < -0.4 is 0 Å². The van der Waals surface area contributed by atoms with Gasteiger partial charge in [-0.05, 0) is 18.1 Å². The van der Waals surface area contributed by atoms with Crippen LogP contribution in [0.3, 0.4) is 0 Å². The highest BCUT2D eigenvalue weighted by Gasteiger charge is 2.11. The minimum atomic E-state index is 0.0350. The largest absolute Gasteiger partial charge is 0.480 e. The number of ether oxygens (including phenoxy) is 1. The smallest absolute Gasteiger partial charge is 0.232 e. The van der Waals surface area contributed by atoms with Crippen molar-refractivity contribution in [2.24, 2.45) is 5.92 Å². The normalized spacial score (nSPS) is 10.7. The molecule has 1 N–H and O–H groups in total. The summed E-state index contributed by atoms with van der Waals surface area (Å²) in [7, 11) is 1.45. The van der Waals surface area contributed by atoms with Crippen LogP contribution in [0.5, 0.6) is 0 Å². The highest BCUT2D eigenvalue weighted by Crippen LogP contribution is 2.19. The molecule has 0 unspecified atom stereocenters. The zero-order chi connectivity index (χ0) is 13.8. The molecule has 2 aromatic rings. The van der Waals surface area contributed by atoms with E-state index in [-0.39, 0.29) is 5.90 Å². The van der Waals surface area contributed by atoms with Crippen molar-refractivity contribution in [3.63, 3.8) is 0 Å². The fourth-order valence-electron chi connectivity index (χ4n) is 1.74. The molecule has 0 bridgehead atoms. The Morgan fingerprint density at radius 3 is 2.84 bits per heavy atom. The number of aromatic nitrogens is 2. The molecule has 2 heterocycles. The van der Waals surface area contributed by atoms with Gasteiger partial charge in [-0.25, -0.2) is 4.98 Å². The summed E-state index contributed by atoms with van der Waals surface area (Å²) in [5.41, 5.74) is 1.84. The molecule has 0 atom stereocenters. The third kappa shape index (κ3) is 3.19. The van der Waals surface area contributed by atoms with Gasteiger partial charge < -0.3 is 9.26 Å². The van der Waals surface area contributed by atoms with Gasteiger partial charge in [0, 0.05) is 12.5 Å². The molecule has 0 aromatic carbocycles. The van der Waals surface area contributed by atoms with Crippen molar-refractivity contribution in [3.8, 4) is 11.4 Å². The molecule has 5 nitrogen and oxygen atoms in total. The van der Waals surface area contributed by atoms with Crippen LogP contribution in [0.1, 0.15) is 25.3 Å². The van der Waals surface area contributed by atoms with Crippen molar-refractivity contribution in [1.82, 2.24) is 10.1 Å². The lowest BCUT2D eigenvalue weighted by Crippen LogP contribution is -2.04. The van der Waals surface area contributed by atoms with Gasteiger partial charge in [-0.1, -0.05) is 25.1 Å². The lowest BCUT2D eigenvalue weighted by Gasteiger charge is -2.02. The van der Waals surface area contributed by atoms with Crippen molar-refractivity contribution in [2.45, 2.75) is 20.3 Å². The van der Waals surface area contributed by atoms with Gasteiger partial charge in [0.2, 0.25) is 5.90 Å². The average molecular weight is 259 g/mol. The van der Waals surface area contributed by atoms with Crippen molar-refractivity contribution < 1.29 is 9.26 Å². The number of nitrogens with zero attached hydrogens (tertiary/aromatic N) is 2. The minimum absolute atomic E-state index is 0.0350. The maximum absolute atomic E-state index is 7.61. The van der Waals surface area contributed by atoms with Crippen LogP contribution in [0, 0.1) is 11.3 Å². The van der Waals surface area contributed by atoms with Crippen LogP contribution in [0.25, 0.3) is 11.4 Å². The van der Waals surface area contributed by atoms with Crippen LogP contribution in [0.2, 0.25) is 0 Å². The van der Waals surface area contributed by atoms with Gasteiger partial charge in [-0.2, -0.15) is 0 Å². The highest BCUT2D eigenvalue weighted by molar-refractivity contribution is 5.89. The second kappa shape index (κ2) is 5.65. The topological polar surface area (TPSA) is 72.0 Å². The number of methoxy groups -OCH3 is 1. The first-order valence-electron chi connectivity index (χ1n) is 6.16. The Morgan fingerprint density at radius 2 is 2.16 bits per heavy atom. The lowest BCUT2D eigenvalue weighted by atomic mass is 10.1. The first-order valence-corrected chi connectivity index (χ1v) is 6.16. The van der Waals surface area contributed by atoms with Gasteiger partial charge in [0.05, 0.1) is 12.8 Å². The molecule has 0 saturated carbocycles. The second-order valence-corrected chi connectivity index (χ2v) is 4.72. The van der Waals surface area contributed by atoms with E-state index in [1.54, 1.807) is 6.07 Å². The summed E-state index contributed by atoms with van der Waals surface area (Å²) in [6.07, 6.45) is 0.848. The molecule has 0 radical (unpaired) electrons. The Bertz CT molecular complexity index is 576. The molecule has 0 aliphatic carbocycles. The summed E-state index contributed by atoms with van der Waals surface area (Å²) >= 11 is 0. The highest BCUT2D eigenvalue weighted by atomic mass is 16.5. The molecule has 0 fully saturated rings. The molecule has 0 spiro atoms. The number of hydrogen-bond donors (Lipinski definition) is 1. The van der Waals surface area contributed by atoms with E-state index in [1.807, 2.05) is 18.2 Å². The zero-order valence-corrected chi connectivity index (χ0v) is 11.3. The summed E-state index contributed by atoms with van der Waals surface area (Å²) < 4.78 is 10.1. The fourth-order valence-corrected chi connectivity index (χ4v) is 1.74. The quantitative estimate of drug-likeness (QED) is 0.677. The third-order valence-corrected chi connectivity index (χ3v) is 2.62. The van der Waals surface area contributed by atoms with E-state index >= 15 is 0 Å². The number of nitrogens with one attached hydrogen (secondary N) is 1. The van der Waals surface area contributed by atoms with Crippen LogP contribution in [-0.4, -0.2) is 23.1 Å². The maximum Gasteiger partial charge on any atom is 0.232 e. The minimum Gasteiger partial charge on any atom is -0.480 e. The molecule has 0 aliphatic heterocycles. The summed E-state index contributed by atoms with van der Waals surface area (Å²) in [4.78, 5) is 4.33. The van der Waals surface area contributed by atoms with Crippen LogP contribution in [-0.2, 0) is 11.2 Å². The number of hydrogen-bond acceptors (Lipinski definition) is 5. The molecule has 0 saturated heterocycles. The summed E-state index contributed by atoms with van der Waals surface area (Å²) in [6.45, 7) is 4.25. The van der Waals surface area contributed by atoms with E-state index in [9.17, 15) is 0 Å². The van der Waals surface area contributed by atoms with Crippen molar-refractivity contribution in [1.29, 1.82) is 5.41 Å². The first-order chi connectivity index (χ1) is 9.10. The average Bonchev–Trinajstić information content (AvgIpc) is 2.85.